The zero-order valence-corrected chi connectivity index (χ0v) is 12.8. The van der Waals surface area contributed by atoms with Crippen molar-refractivity contribution >= 4 is 5.97 Å². The molecule has 1 aliphatic heterocycles. The van der Waals surface area contributed by atoms with E-state index in [1.165, 1.54) is 7.11 Å². The molecule has 0 saturated carbocycles. The van der Waals surface area contributed by atoms with Gasteiger partial charge in [0.25, 0.3) is 0 Å². The van der Waals surface area contributed by atoms with Crippen LogP contribution in [-0.2, 0) is 9.53 Å². The van der Waals surface area contributed by atoms with Crippen LogP contribution in [0.25, 0.3) is 0 Å². The number of ether oxygens (including phenoxy) is 1. The first kappa shape index (κ1) is 15.2. The minimum atomic E-state index is -0.218. The number of carbonyl (C=O) groups is 1. The van der Waals surface area contributed by atoms with E-state index < -0.39 is 0 Å². The smallest absolute Gasteiger partial charge is 0.333 e. The Balaban J connectivity index is 2.91. The Morgan fingerprint density at radius 1 is 1.22 bits per heavy atom. The van der Waals surface area contributed by atoms with Crippen LogP contribution in [0.15, 0.2) is 11.6 Å². The van der Waals surface area contributed by atoms with Crippen molar-refractivity contribution in [3.05, 3.63) is 11.6 Å². The third-order valence-corrected chi connectivity index (χ3v) is 4.33. The van der Waals surface area contributed by atoms with E-state index in [0.29, 0.717) is 5.92 Å². The number of hydrogen-bond donors (Lipinski definition) is 0. The van der Waals surface area contributed by atoms with Crippen molar-refractivity contribution in [3.8, 4) is 0 Å². The van der Waals surface area contributed by atoms with E-state index in [1.54, 1.807) is 0 Å². The molecule has 0 N–H and O–H groups in total. The number of nitrogens with zero attached hydrogens (tertiary/aromatic N) is 1. The lowest BCUT2D eigenvalue weighted by Crippen LogP contribution is -2.58. The molecule has 1 aliphatic rings. The molecule has 0 bridgehead atoms. The first-order chi connectivity index (χ1) is 8.10. The standard InChI is InChI=1S/C15H27NO2/c1-11(13(17)18-7)8-12-9-14(2,3)16(6)15(4,5)10-12/h8,12H,9-10H2,1-7H3. The fourth-order valence-electron chi connectivity index (χ4n) is 3.15. The summed E-state index contributed by atoms with van der Waals surface area (Å²) in [6, 6.07) is 0. The van der Waals surface area contributed by atoms with Gasteiger partial charge in [0.05, 0.1) is 7.11 Å². The van der Waals surface area contributed by atoms with Crippen molar-refractivity contribution < 1.29 is 9.53 Å². The molecule has 0 spiro atoms. The fraction of sp³-hybridized carbons (Fsp3) is 0.800. The molecule has 0 amide bonds. The van der Waals surface area contributed by atoms with Gasteiger partial charge in [0, 0.05) is 16.7 Å². The first-order valence-corrected chi connectivity index (χ1v) is 6.61. The van der Waals surface area contributed by atoms with Gasteiger partial charge in [-0.3, -0.25) is 4.90 Å². The number of carbonyl (C=O) groups excluding carboxylic acids is 1. The molecule has 0 aliphatic carbocycles. The lowest BCUT2D eigenvalue weighted by molar-refractivity contribution is -0.136. The highest BCUT2D eigenvalue weighted by Crippen LogP contribution is 2.40. The van der Waals surface area contributed by atoms with E-state index in [2.05, 4.69) is 45.7 Å². The predicted octanol–water partition coefficient (Wildman–Crippen LogP) is 3.00. The normalized spacial score (nSPS) is 24.9. The number of methoxy groups -OCH3 is 1. The number of likely N-dealkylation sites (tertiary alicyclic amines) is 1. The second-order valence-corrected chi connectivity index (χ2v) is 6.69. The van der Waals surface area contributed by atoms with Gasteiger partial charge in [0.1, 0.15) is 0 Å². The molecule has 1 fully saturated rings. The monoisotopic (exact) mass is 253 g/mol. The summed E-state index contributed by atoms with van der Waals surface area (Å²) < 4.78 is 4.76. The SMILES string of the molecule is COC(=O)C(C)=CC1CC(C)(C)N(C)C(C)(C)C1. The van der Waals surface area contributed by atoms with Gasteiger partial charge in [-0.1, -0.05) is 6.08 Å². The van der Waals surface area contributed by atoms with Crippen molar-refractivity contribution in [1.29, 1.82) is 0 Å². The predicted molar refractivity (Wildman–Crippen MR) is 74.4 cm³/mol. The number of allylic oxidation sites excluding steroid dienone is 1. The Labute approximate surface area is 111 Å². The zero-order valence-electron chi connectivity index (χ0n) is 12.8. The highest BCUT2D eigenvalue weighted by Gasteiger charge is 2.42. The fourth-order valence-corrected chi connectivity index (χ4v) is 3.15. The van der Waals surface area contributed by atoms with Crippen molar-refractivity contribution in [2.75, 3.05) is 14.2 Å². The van der Waals surface area contributed by atoms with Crippen molar-refractivity contribution in [2.24, 2.45) is 5.92 Å². The van der Waals surface area contributed by atoms with Gasteiger partial charge in [0.15, 0.2) is 0 Å². The Morgan fingerprint density at radius 2 is 1.67 bits per heavy atom. The second-order valence-electron chi connectivity index (χ2n) is 6.69. The summed E-state index contributed by atoms with van der Waals surface area (Å²) in [5, 5.41) is 0. The maximum absolute atomic E-state index is 11.5. The molecule has 3 heteroatoms. The minimum absolute atomic E-state index is 0.152. The zero-order chi connectivity index (χ0) is 14.1. The van der Waals surface area contributed by atoms with Crippen LogP contribution in [0.2, 0.25) is 0 Å². The second kappa shape index (κ2) is 5.04. The third-order valence-electron chi connectivity index (χ3n) is 4.33. The summed E-state index contributed by atoms with van der Waals surface area (Å²) in [7, 11) is 3.62. The summed E-state index contributed by atoms with van der Waals surface area (Å²) in [5.41, 5.74) is 1.03. The van der Waals surface area contributed by atoms with Gasteiger partial charge in [0.2, 0.25) is 0 Å². The molecule has 3 nitrogen and oxygen atoms in total. The summed E-state index contributed by atoms with van der Waals surface area (Å²) in [6.07, 6.45) is 4.23. The van der Waals surface area contributed by atoms with E-state index >= 15 is 0 Å². The Morgan fingerprint density at radius 3 is 2.06 bits per heavy atom. The van der Waals surface area contributed by atoms with Crippen LogP contribution in [0.5, 0.6) is 0 Å². The van der Waals surface area contributed by atoms with Gasteiger partial charge < -0.3 is 4.74 Å². The molecular formula is C15H27NO2. The average molecular weight is 253 g/mol. The topological polar surface area (TPSA) is 29.5 Å². The van der Waals surface area contributed by atoms with Gasteiger partial charge in [-0.15, -0.1) is 0 Å². The number of rotatable bonds is 2. The molecule has 0 aromatic rings. The highest BCUT2D eigenvalue weighted by molar-refractivity contribution is 5.87. The Hall–Kier alpha value is -0.830. The van der Waals surface area contributed by atoms with Crippen LogP contribution in [0.3, 0.4) is 0 Å². The molecule has 1 rings (SSSR count). The third kappa shape index (κ3) is 3.14. The summed E-state index contributed by atoms with van der Waals surface area (Å²) in [4.78, 5) is 13.9. The summed E-state index contributed by atoms with van der Waals surface area (Å²) >= 11 is 0. The molecule has 18 heavy (non-hydrogen) atoms. The van der Waals surface area contributed by atoms with Crippen LogP contribution in [0.4, 0.5) is 0 Å². The van der Waals surface area contributed by atoms with Crippen molar-refractivity contribution in [3.63, 3.8) is 0 Å². The van der Waals surface area contributed by atoms with Gasteiger partial charge in [-0.25, -0.2) is 4.79 Å². The van der Waals surface area contributed by atoms with Crippen LogP contribution >= 0.6 is 0 Å². The molecule has 104 valence electrons. The van der Waals surface area contributed by atoms with Crippen molar-refractivity contribution in [2.45, 2.75) is 58.5 Å². The quantitative estimate of drug-likeness (QED) is 0.559. The Kier molecular flexibility index (Phi) is 4.26. The van der Waals surface area contributed by atoms with Crippen LogP contribution in [0, 0.1) is 5.92 Å². The summed E-state index contributed by atoms with van der Waals surface area (Å²) in [5.74, 6) is 0.217. The van der Waals surface area contributed by atoms with Gasteiger partial charge in [-0.2, -0.15) is 0 Å². The van der Waals surface area contributed by atoms with E-state index in [9.17, 15) is 4.79 Å². The van der Waals surface area contributed by atoms with Crippen LogP contribution in [0.1, 0.15) is 47.5 Å². The van der Waals surface area contributed by atoms with E-state index in [1.807, 2.05) is 6.92 Å². The summed E-state index contributed by atoms with van der Waals surface area (Å²) in [6.45, 7) is 10.9. The van der Waals surface area contributed by atoms with Crippen molar-refractivity contribution in [1.82, 2.24) is 4.90 Å². The molecule has 0 aromatic carbocycles. The van der Waals surface area contributed by atoms with E-state index in [0.717, 1.165) is 18.4 Å². The lowest BCUT2D eigenvalue weighted by atomic mass is 9.73. The molecule has 1 saturated heterocycles. The molecule has 0 atom stereocenters. The van der Waals surface area contributed by atoms with E-state index in [-0.39, 0.29) is 17.0 Å². The maximum atomic E-state index is 11.5. The highest BCUT2D eigenvalue weighted by atomic mass is 16.5. The molecule has 0 unspecified atom stereocenters. The number of esters is 1. The van der Waals surface area contributed by atoms with E-state index in [4.69, 9.17) is 4.74 Å². The molecule has 1 heterocycles. The molecule has 0 radical (unpaired) electrons. The number of piperidine rings is 1. The lowest BCUT2D eigenvalue weighted by Gasteiger charge is -2.53. The van der Waals surface area contributed by atoms with Crippen LogP contribution in [-0.4, -0.2) is 36.1 Å². The largest absolute Gasteiger partial charge is 0.466 e. The number of hydrogen-bond acceptors (Lipinski definition) is 3. The van der Waals surface area contributed by atoms with Gasteiger partial charge >= 0.3 is 5.97 Å². The minimum Gasteiger partial charge on any atom is -0.466 e. The molecular weight excluding hydrogens is 226 g/mol. The molecule has 0 aromatic heterocycles. The maximum Gasteiger partial charge on any atom is 0.333 e. The van der Waals surface area contributed by atoms with Crippen LogP contribution < -0.4 is 0 Å². The first-order valence-electron chi connectivity index (χ1n) is 6.61. The average Bonchev–Trinajstić information content (AvgIpc) is 2.23. The Bertz CT molecular complexity index is 338. The van der Waals surface area contributed by atoms with Gasteiger partial charge in [-0.05, 0) is 60.4 Å².